The monoisotopic (exact) mass is 487 g/mol. The second kappa shape index (κ2) is 11.3. The van der Waals surface area contributed by atoms with Gasteiger partial charge in [0.25, 0.3) is 0 Å². The molecule has 1 atom stereocenters. The van der Waals surface area contributed by atoms with Crippen LogP contribution in [0.25, 0.3) is 0 Å². The summed E-state index contributed by atoms with van der Waals surface area (Å²) in [5, 5.41) is 6.67. The minimum absolute atomic E-state index is 0. The van der Waals surface area contributed by atoms with Crippen molar-refractivity contribution in [2.24, 2.45) is 10.9 Å². The van der Waals surface area contributed by atoms with E-state index in [1.165, 1.54) is 12.8 Å². The second-order valence-corrected chi connectivity index (χ2v) is 6.93. The Morgan fingerprint density at radius 3 is 2.89 bits per heavy atom. The summed E-state index contributed by atoms with van der Waals surface area (Å²) in [4.78, 5) is 22.8. The first-order chi connectivity index (χ1) is 12.8. The Labute approximate surface area is 178 Å². The summed E-state index contributed by atoms with van der Waals surface area (Å²) in [6.07, 6.45) is 8.90. The number of nitrogens with zero attached hydrogens (tertiary/aromatic N) is 3. The van der Waals surface area contributed by atoms with Crippen LogP contribution in [0.4, 0.5) is 0 Å². The number of pyridine rings is 1. The largest absolute Gasteiger partial charge is 0.490 e. The summed E-state index contributed by atoms with van der Waals surface area (Å²) in [5.74, 6) is 2.12. The number of carbonyl (C=O) groups excluding carboxylic acids is 1. The normalized spacial score (nSPS) is 20.3. The lowest BCUT2D eigenvalue weighted by molar-refractivity contribution is -0.134. The van der Waals surface area contributed by atoms with Crippen molar-refractivity contribution in [1.82, 2.24) is 20.5 Å². The second-order valence-electron chi connectivity index (χ2n) is 6.93. The quantitative estimate of drug-likeness (QED) is 0.278. The Balaban J connectivity index is 0.00000261. The molecule has 1 unspecified atom stereocenters. The molecule has 2 fully saturated rings. The Morgan fingerprint density at radius 2 is 2.19 bits per heavy atom. The molecule has 0 spiro atoms. The number of halogens is 1. The van der Waals surface area contributed by atoms with E-state index < -0.39 is 0 Å². The van der Waals surface area contributed by atoms with Gasteiger partial charge in [0.1, 0.15) is 12.4 Å². The van der Waals surface area contributed by atoms with E-state index in [9.17, 15) is 4.79 Å². The van der Waals surface area contributed by atoms with Gasteiger partial charge in [-0.3, -0.25) is 14.8 Å². The van der Waals surface area contributed by atoms with Gasteiger partial charge >= 0.3 is 0 Å². The molecule has 0 bridgehead atoms. The summed E-state index contributed by atoms with van der Waals surface area (Å²) in [6, 6.07) is 3.99. The fraction of sp³-hybridized carbons (Fsp3) is 0.632. The lowest BCUT2D eigenvalue weighted by Gasteiger charge is -2.21. The Hall–Kier alpha value is -1.58. The van der Waals surface area contributed by atoms with Crippen molar-refractivity contribution in [2.75, 3.05) is 33.3 Å². The Bertz CT molecular complexity index is 607. The number of amides is 1. The minimum atomic E-state index is 0. The SMILES string of the molecule is CN=C(NCCOc1cccnc1)NC1CCN(C(=O)C2CCCC2)C1.I. The van der Waals surface area contributed by atoms with Crippen LogP contribution in [0.1, 0.15) is 32.1 Å². The number of guanidine groups is 1. The molecule has 150 valence electrons. The molecular formula is C19H30IN5O2. The molecule has 1 saturated carbocycles. The van der Waals surface area contributed by atoms with Gasteiger partial charge in [-0.2, -0.15) is 0 Å². The summed E-state index contributed by atoms with van der Waals surface area (Å²) >= 11 is 0. The molecule has 2 heterocycles. The highest BCUT2D eigenvalue weighted by molar-refractivity contribution is 14.0. The zero-order valence-electron chi connectivity index (χ0n) is 15.9. The van der Waals surface area contributed by atoms with Crippen molar-refractivity contribution in [2.45, 2.75) is 38.1 Å². The molecule has 1 amide bonds. The number of aliphatic imine (C=N–C) groups is 1. The first-order valence-corrected chi connectivity index (χ1v) is 9.55. The molecule has 27 heavy (non-hydrogen) atoms. The van der Waals surface area contributed by atoms with E-state index in [-0.39, 0.29) is 35.9 Å². The summed E-state index contributed by atoms with van der Waals surface area (Å²) in [6.45, 7) is 2.78. The van der Waals surface area contributed by atoms with Gasteiger partial charge in [-0.1, -0.05) is 12.8 Å². The zero-order valence-corrected chi connectivity index (χ0v) is 18.2. The number of hydrogen-bond acceptors (Lipinski definition) is 4. The number of rotatable bonds is 6. The van der Waals surface area contributed by atoms with E-state index in [4.69, 9.17) is 4.74 Å². The standard InChI is InChI=1S/C19H29N5O2.HI/c1-20-19(22-10-12-26-17-7-4-9-21-13-17)23-16-8-11-24(14-16)18(25)15-5-2-3-6-15;/h4,7,9,13,15-16H,2-3,5-6,8,10-12,14H2,1H3,(H2,20,22,23);1H. The van der Waals surface area contributed by atoms with Gasteiger partial charge in [-0.05, 0) is 31.4 Å². The highest BCUT2D eigenvalue weighted by Crippen LogP contribution is 2.27. The molecule has 8 heteroatoms. The van der Waals surface area contributed by atoms with Gasteiger partial charge < -0.3 is 20.3 Å². The van der Waals surface area contributed by atoms with Crippen molar-refractivity contribution in [1.29, 1.82) is 0 Å². The molecule has 0 aromatic carbocycles. The van der Waals surface area contributed by atoms with E-state index in [1.807, 2.05) is 17.0 Å². The maximum Gasteiger partial charge on any atom is 0.225 e. The lowest BCUT2D eigenvalue weighted by Crippen LogP contribution is -2.46. The Morgan fingerprint density at radius 1 is 1.37 bits per heavy atom. The van der Waals surface area contributed by atoms with Crippen LogP contribution in [0.15, 0.2) is 29.5 Å². The number of carbonyl (C=O) groups is 1. The van der Waals surface area contributed by atoms with Crippen LogP contribution in [0, 0.1) is 5.92 Å². The first kappa shape index (κ1) is 21.7. The van der Waals surface area contributed by atoms with Gasteiger partial charge in [0.05, 0.1) is 12.7 Å². The third-order valence-electron chi connectivity index (χ3n) is 5.07. The fourth-order valence-corrected chi connectivity index (χ4v) is 3.67. The van der Waals surface area contributed by atoms with Crippen molar-refractivity contribution >= 4 is 35.8 Å². The number of ether oxygens (including phenoxy) is 1. The highest BCUT2D eigenvalue weighted by atomic mass is 127. The molecule has 2 aliphatic rings. The topological polar surface area (TPSA) is 78.9 Å². The maximum absolute atomic E-state index is 12.5. The van der Waals surface area contributed by atoms with Crippen LogP contribution in [0.2, 0.25) is 0 Å². The molecule has 1 aliphatic heterocycles. The average molecular weight is 487 g/mol. The third kappa shape index (κ3) is 6.51. The van der Waals surface area contributed by atoms with Crippen LogP contribution in [0.3, 0.4) is 0 Å². The third-order valence-corrected chi connectivity index (χ3v) is 5.07. The van der Waals surface area contributed by atoms with E-state index in [0.717, 1.165) is 44.1 Å². The molecule has 3 rings (SSSR count). The van der Waals surface area contributed by atoms with Crippen LogP contribution in [0.5, 0.6) is 5.75 Å². The number of nitrogens with one attached hydrogen (secondary N) is 2. The van der Waals surface area contributed by atoms with E-state index in [0.29, 0.717) is 19.1 Å². The lowest BCUT2D eigenvalue weighted by atomic mass is 10.1. The summed E-state index contributed by atoms with van der Waals surface area (Å²) < 4.78 is 5.62. The molecule has 1 aliphatic carbocycles. The fourth-order valence-electron chi connectivity index (χ4n) is 3.67. The maximum atomic E-state index is 12.5. The van der Waals surface area contributed by atoms with Crippen molar-refractivity contribution in [3.8, 4) is 5.75 Å². The molecule has 1 aromatic rings. The van der Waals surface area contributed by atoms with Crippen molar-refractivity contribution in [3.05, 3.63) is 24.5 Å². The van der Waals surface area contributed by atoms with Crippen LogP contribution >= 0.6 is 24.0 Å². The molecular weight excluding hydrogens is 457 g/mol. The van der Waals surface area contributed by atoms with Gasteiger partial charge in [0.15, 0.2) is 5.96 Å². The van der Waals surface area contributed by atoms with Gasteiger partial charge in [-0.15, -0.1) is 24.0 Å². The predicted octanol–water partition coefficient (Wildman–Crippen LogP) is 2.03. The number of hydrogen-bond donors (Lipinski definition) is 2. The molecule has 2 N–H and O–H groups in total. The Kier molecular flexibility index (Phi) is 9.09. The first-order valence-electron chi connectivity index (χ1n) is 9.55. The zero-order chi connectivity index (χ0) is 18.2. The van der Waals surface area contributed by atoms with E-state index >= 15 is 0 Å². The molecule has 1 aromatic heterocycles. The molecule has 1 saturated heterocycles. The predicted molar refractivity (Wildman–Crippen MR) is 117 cm³/mol. The highest BCUT2D eigenvalue weighted by Gasteiger charge is 2.32. The average Bonchev–Trinajstić information content (AvgIpc) is 3.36. The van der Waals surface area contributed by atoms with Crippen LogP contribution in [-0.2, 0) is 4.79 Å². The summed E-state index contributed by atoms with van der Waals surface area (Å²) in [5.41, 5.74) is 0. The van der Waals surface area contributed by atoms with Crippen molar-refractivity contribution < 1.29 is 9.53 Å². The molecule has 0 radical (unpaired) electrons. The summed E-state index contributed by atoms with van der Waals surface area (Å²) in [7, 11) is 1.76. The van der Waals surface area contributed by atoms with Gasteiger partial charge in [0, 0.05) is 38.3 Å². The van der Waals surface area contributed by atoms with Crippen LogP contribution < -0.4 is 15.4 Å². The number of aromatic nitrogens is 1. The van der Waals surface area contributed by atoms with Crippen LogP contribution in [-0.4, -0.2) is 61.1 Å². The van der Waals surface area contributed by atoms with Gasteiger partial charge in [0.2, 0.25) is 5.91 Å². The van der Waals surface area contributed by atoms with E-state index in [2.05, 4.69) is 20.6 Å². The van der Waals surface area contributed by atoms with E-state index in [1.54, 1.807) is 19.4 Å². The minimum Gasteiger partial charge on any atom is -0.490 e. The smallest absolute Gasteiger partial charge is 0.225 e. The van der Waals surface area contributed by atoms with Crippen molar-refractivity contribution in [3.63, 3.8) is 0 Å². The van der Waals surface area contributed by atoms with Gasteiger partial charge in [-0.25, -0.2) is 0 Å². The molecule has 7 nitrogen and oxygen atoms in total. The number of likely N-dealkylation sites (tertiary alicyclic amines) is 1.